The number of likely N-dealkylation sites (N-methyl/N-ethyl adjacent to an activating group) is 1. The van der Waals surface area contributed by atoms with E-state index in [4.69, 9.17) is 0 Å². The van der Waals surface area contributed by atoms with Crippen molar-refractivity contribution in [1.29, 1.82) is 0 Å². The van der Waals surface area contributed by atoms with Crippen LogP contribution in [0.4, 0.5) is 11.4 Å². The van der Waals surface area contributed by atoms with Gasteiger partial charge in [0, 0.05) is 39.3 Å². The van der Waals surface area contributed by atoms with E-state index < -0.39 is 10.0 Å². The largest absolute Gasteiger partial charge is 0.367 e. The number of rotatable bonds is 8. The zero-order valence-corrected chi connectivity index (χ0v) is 19.4. The van der Waals surface area contributed by atoms with Gasteiger partial charge in [-0.1, -0.05) is 44.2 Å². The molecule has 0 spiro atoms. The van der Waals surface area contributed by atoms with E-state index >= 15 is 0 Å². The molecule has 1 saturated heterocycles. The Morgan fingerprint density at radius 2 is 1.65 bits per heavy atom. The Morgan fingerprint density at radius 1 is 1.00 bits per heavy atom. The van der Waals surface area contributed by atoms with Crippen LogP contribution in [0.2, 0.25) is 0 Å². The van der Waals surface area contributed by atoms with Crippen LogP contribution in [0.5, 0.6) is 0 Å². The molecule has 0 aromatic heterocycles. The molecule has 2 aromatic rings. The maximum atomic E-state index is 13.0. The first-order valence-electron chi connectivity index (χ1n) is 10.8. The molecular formula is C23H32N4O3S. The van der Waals surface area contributed by atoms with E-state index in [1.807, 2.05) is 50.2 Å². The van der Waals surface area contributed by atoms with E-state index in [0.29, 0.717) is 18.8 Å². The zero-order valence-electron chi connectivity index (χ0n) is 18.5. The van der Waals surface area contributed by atoms with Crippen LogP contribution in [0.1, 0.15) is 19.4 Å². The van der Waals surface area contributed by atoms with Crippen LogP contribution < -0.4 is 10.2 Å². The standard InChI is InChI=1S/C23H32N4O3S/c1-4-27(5-2)31(29,30)20-11-12-22(26-15-13-25(3)14-16-26)21(18-20)24-23(28)17-19-9-7-6-8-10-19/h6-12,18H,4-5,13-17H2,1-3H3,(H,24,28). The van der Waals surface area contributed by atoms with Crippen molar-refractivity contribution < 1.29 is 13.2 Å². The fraction of sp³-hybridized carbons (Fsp3) is 0.435. The maximum absolute atomic E-state index is 13.0. The molecule has 1 aliphatic heterocycles. The van der Waals surface area contributed by atoms with Crippen LogP contribution in [0.3, 0.4) is 0 Å². The topological polar surface area (TPSA) is 73.0 Å². The summed E-state index contributed by atoms with van der Waals surface area (Å²) in [5.74, 6) is -0.168. The van der Waals surface area contributed by atoms with Gasteiger partial charge >= 0.3 is 0 Å². The first-order valence-corrected chi connectivity index (χ1v) is 12.2. The second-order valence-corrected chi connectivity index (χ2v) is 9.71. The Bertz CT molecular complexity index is 983. The number of hydrogen-bond donors (Lipinski definition) is 1. The predicted octanol–water partition coefficient (Wildman–Crippen LogP) is 2.65. The van der Waals surface area contributed by atoms with Crippen molar-refractivity contribution in [3.8, 4) is 0 Å². The van der Waals surface area contributed by atoms with E-state index in [1.54, 1.807) is 12.1 Å². The van der Waals surface area contributed by atoms with Crippen LogP contribution in [-0.4, -0.2) is 69.8 Å². The number of sulfonamides is 1. The zero-order chi connectivity index (χ0) is 22.4. The van der Waals surface area contributed by atoms with E-state index in [9.17, 15) is 13.2 Å². The van der Waals surface area contributed by atoms with Gasteiger partial charge in [-0.25, -0.2) is 8.42 Å². The number of nitrogens with one attached hydrogen (secondary N) is 1. The maximum Gasteiger partial charge on any atom is 0.243 e. The van der Waals surface area contributed by atoms with Crippen molar-refractivity contribution in [2.24, 2.45) is 0 Å². The molecular weight excluding hydrogens is 412 g/mol. The van der Waals surface area contributed by atoms with Crippen LogP contribution in [0.25, 0.3) is 0 Å². The summed E-state index contributed by atoms with van der Waals surface area (Å²) in [6.07, 6.45) is 0.232. The fourth-order valence-electron chi connectivity index (χ4n) is 3.79. The molecule has 1 aliphatic rings. The highest BCUT2D eigenvalue weighted by atomic mass is 32.2. The molecule has 168 valence electrons. The molecule has 0 radical (unpaired) electrons. The summed E-state index contributed by atoms with van der Waals surface area (Å²) in [4.78, 5) is 17.4. The van der Waals surface area contributed by atoms with Gasteiger partial charge in [-0.3, -0.25) is 4.79 Å². The number of carbonyl (C=O) groups is 1. The molecule has 1 amide bonds. The number of anilines is 2. The van der Waals surface area contributed by atoms with Gasteiger partial charge < -0.3 is 15.1 Å². The molecule has 0 unspecified atom stereocenters. The molecule has 2 aromatic carbocycles. The second-order valence-electron chi connectivity index (χ2n) is 7.77. The summed E-state index contributed by atoms with van der Waals surface area (Å²) in [5.41, 5.74) is 2.31. The van der Waals surface area contributed by atoms with Gasteiger partial charge in [-0.2, -0.15) is 4.31 Å². The smallest absolute Gasteiger partial charge is 0.243 e. The van der Waals surface area contributed by atoms with Gasteiger partial charge in [0.15, 0.2) is 0 Å². The van der Waals surface area contributed by atoms with Crippen molar-refractivity contribution in [2.45, 2.75) is 25.2 Å². The minimum atomic E-state index is -3.62. The summed E-state index contributed by atoms with van der Waals surface area (Å²) in [7, 11) is -1.54. The van der Waals surface area contributed by atoms with Gasteiger partial charge in [0.25, 0.3) is 0 Å². The van der Waals surface area contributed by atoms with Crippen molar-refractivity contribution in [3.05, 3.63) is 54.1 Å². The van der Waals surface area contributed by atoms with E-state index in [0.717, 1.165) is 37.4 Å². The minimum absolute atomic E-state index is 0.168. The van der Waals surface area contributed by atoms with Crippen LogP contribution in [0, 0.1) is 0 Å². The average molecular weight is 445 g/mol. The Morgan fingerprint density at radius 3 is 2.26 bits per heavy atom. The molecule has 0 atom stereocenters. The third kappa shape index (κ3) is 5.64. The molecule has 0 aliphatic carbocycles. The second kappa shape index (κ2) is 10.3. The molecule has 1 N–H and O–H groups in total. The first-order chi connectivity index (χ1) is 14.8. The normalized spacial score (nSPS) is 15.3. The highest BCUT2D eigenvalue weighted by Crippen LogP contribution is 2.31. The number of amides is 1. The fourth-order valence-corrected chi connectivity index (χ4v) is 5.27. The SMILES string of the molecule is CCN(CC)S(=O)(=O)c1ccc(N2CCN(C)CC2)c(NC(=O)Cc2ccccc2)c1. The van der Waals surface area contributed by atoms with Gasteiger partial charge in [0.2, 0.25) is 15.9 Å². The average Bonchev–Trinajstić information content (AvgIpc) is 2.76. The molecule has 0 saturated carbocycles. The quantitative estimate of drug-likeness (QED) is 0.678. The third-order valence-corrected chi connectivity index (χ3v) is 7.68. The summed E-state index contributed by atoms with van der Waals surface area (Å²) < 4.78 is 27.5. The lowest BCUT2D eigenvalue weighted by molar-refractivity contribution is -0.115. The van der Waals surface area contributed by atoms with Gasteiger partial charge in [-0.05, 0) is 30.8 Å². The summed E-state index contributed by atoms with van der Waals surface area (Å²) in [6, 6.07) is 14.6. The molecule has 1 heterocycles. The molecule has 8 heteroatoms. The lowest BCUT2D eigenvalue weighted by Gasteiger charge is -2.35. The van der Waals surface area contributed by atoms with Crippen molar-refractivity contribution in [1.82, 2.24) is 9.21 Å². The number of benzene rings is 2. The van der Waals surface area contributed by atoms with Crippen LogP contribution >= 0.6 is 0 Å². The number of hydrogen-bond acceptors (Lipinski definition) is 5. The Labute approximate surface area is 185 Å². The minimum Gasteiger partial charge on any atom is -0.367 e. The Balaban J connectivity index is 1.92. The van der Waals surface area contributed by atoms with Crippen LogP contribution in [0.15, 0.2) is 53.4 Å². The number of carbonyl (C=O) groups excluding carboxylic acids is 1. The summed E-state index contributed by atoms with van der Waals surface area (Å²) in [5, 5.41) is 2.98. The first kappa shape index (κ1) is 23.2. The molecule has 7 nitrogen and oxygen atoms in total. The van der Waals surface area contributed by atoms with Crippen molar-refractivity contribution >= 4 is 27.3 Å². The van der Waals surface area contributed by atoms with Crippen LogP contribution in [-0.2, 0) is 21.2 Å². The van der Waals surface area contributed by atoms with Gasteiger partial charge in [-0.15, -0.1) is 0 Å². The molecule has 31 heavy (non-hydrogen) atoms. The third-order valence-electron chi connectivity index (χ3n) is 5.64. The monoisotopic (exact) mass is 444 g/mol. The highest BCUT2D eigenvalue weighted by Gasteiger charge is 2.25. The molecule has 1 fully saturated rings. The highest BCUT2D eigenvalue weighted by molar-refractivity contribution is 7.89. The summed E-state index contributed by atoms with van der Waals surface area (Å²) in [6.45, 7) is 7.90. The van der Waals surface area contributed by atoms with Crippen molar-refractivity contribution in [2.75, 3.05) is 56.5 Å². The van der Waals surface area contributed by atoms with Gasteiger partial charge in [0.05, 0.1) is 22.7 Å². The Kier molecular flexibility index (Phi) is 7.69. The number of nitrogens with zero attached hydrogens (tertiary/aromatic N) is 3. The predicted molar refractivity (Wildman–Crippen MR) is 125 cm³/mol. The lowest BCUT2D eigenvalue weighted by Crippen LogP contribution is -2.44. The molecule has 0 bridgehead atoms. The summed E-state index contributed by atoms with van der Waals surface area (Å²) >= 11 is 0. The molecule has 3 rings (SSSR count). The number of piperazine rings is 1. The van der Waals surface area contributed by atoms with Crippen molar-refractivity contribution in [3.63, 3.8) is 0 Å². The van der Waals surface area contributed by atoms with E-state index in [1.165, 1.54) is 4.31 Å². The lowest BCUT2D eigenvalue weighted by atomic mass is 10.1. The van der Waals surface area contributed by atoms with E-state index in [2.05, 4.69) is 22.2 Å². The van der Waals surface area contributed by atoms with E-state index in [-0.39, 0.29) is 17.2 Å². The van der Waals surface area contributed by atoms with Gasteiger partial charge in [0.1, 0.15) is 0 Å². The Hall–Kier alpha value is -2.42.